The first kappa shape index (κ1) is 19.4. The Labute approximate surface area is 185 Å². The fourth-order valence-electron chi connectivity index (χ4n) is 4.09. The van der Waals surface area contributed by atoms with Gasteiger partial charge in [0.2, 0.25) is 0 Å². The van der Waals surface area contributed by atoms with Crippen molar-refractivity contribution in [2.45, 2.75) is 12.3 Å². The van der Waals surface area contributed by atoms with Crippen LogP contribution in [0.15, 0.2) is 78.2 Å². The molecule has 0 saturated carbocycles. The molecule has 5 rings (SSSR count). The Balaban J connectivity index is 1.14. The molecule has 152 valence electrons. The summed E-state index contributed by atoms with van der Waals surface area (Å²) in [4.78, 5) is 12.2. The lowest BCUT2D eigenvalue weighted by atomic mass is 9.98. The van der Waals surface area contributed by atoms with E-state index in [0.717, 1.165) is 5.56 Å². The zero-order valence-corrected chi connectivity index (χ0v) is 17.7. The molecule has 31 heavy (non-hydrogen) atoms. The van der Waals surface area contributed by atoms with Crippen molar-refractivity contribution in [2.24, 2.45) is 0 Å². The number of nitrogens with one attached hydrogen (secondary N) is 1. The molecule has 1 aromatic heterocycles. The van der Waals surface area contributed by atoms with E-state index in [0.29, 0.717) is 19.6 Å². The minimum atomic E-state index is -0.400. The number of benzene rings is 3. The van der Waals surface area contributed by atoms with Gasteiger partial charge in [0, 0.05) is 29.1 Å². The number of hydrogen-bond acceptors (Lipinski definition) is 3. The molecule has 1 aliphatic carbocycles. The van der Waals surface area contributed by atoms with Gasteiger partial charge in [-0.1, -0.05) is 60.4 Å². The van der Waals surface area contributed by atoms with E-state index in [-0.39, 0.29) is 5.92 Å². The maximum Gasteiger partial charge on any atom is 0.407 e. The van der Waals surface area contributed by atoms with Crippen molar-refractivity contribution < 1.29 is 9.53 Å². The van der Waals surface area contributed by atoms with Crippen molar-refractivity contribution in [2.75, 3.05) is 13.2 Å². The van der Waals surface area contributed by atoms with E-state index in [1.807, 2.05) is 30.3 Å². The summed E-state index contributed by atoms with van der Waals surface area (Å²) in [6.07, 6.45) is 0.176. The SMILES string of the molecule is O=C(NCCC#Cc1ccc2sccc2c1)OCC1c2ccccc2-c2ccccc21. The van der Waals surface area contributed by atoms with Gasteiger partial charge in [-0.15, -0.1) is 11.3 Å². The van der Waals surface area contributed by atoms with Gasteiger partial charge in [-0.25, -0.2) is 4.79 Å². The van der Waals surface area contributed by atoms with Gasteiger partial charge in [0.1, 0.15) is 6.61 Å². The Hall–Kier alpha value is -3.55. The van der Waals surface area contributed by atoms with Gasteiger partial charge in [-0.2, -0.15) is 0 Å². The van der Waals surface area contributed by atoms with Crippen LogP contribution in [-0.2, 0) is 4.74 Å². The van der Waals surface area contributed by atoms with Crippen molar-refractivity contribution in [3.63, 3.8) is 0 Å². The second-order valence-electron chi connectivity index (χ2n) is 7.48. The highest BCUT2D eigenvalue weighted by Gasteiger charge is 2.28. The van der Waals surface area contributed by atoms with Crippen LogP contribution in [0, 0.1) is 11.8 Å². The van der Waals surface area contributed by atoms with E-state index in [1.165, 1.54) is 32.3 Å². The maximum atomic E-state index is 12.2. The summed E-state index contributed by atoms with van der Waals surface area (Å²) in [7, 11) is 0. The van der Waals surface area contributed by atoms with Crippen molar-refractivity contribution >= 4 is 27.5 Å². The van der Waals surface area contributed by atoms with Gasteiger partial charge in [0.15, 0.2) is 0 Å². The summed E-state index contributed by atoms with van der Waals surface area (Å²) in [6.45, 7) is 0.788. The molecule has 3 nitrogen and oxygen atoms in total. The minimum Gasteiger partial charge on any atom is -0.449 e. The van der Waals surface area contributed by atoms with Gasteiger partial charge in [0.25, 0.3) is 0 Å². The second kappa shape index (κ2) is 8.67. The van der Waals surface area contributed by atoms with Crippen LogP contribution in [0.5, 0.6) is 0 Å². The number of thiophene rings is 1. The molecule has 0 fully saturated rings. The number of alkyl carbamates (subject to hydrolysis) is 1. The molecule has 3 aromatic carbocycles. The predicted octanol–water partition coefficient (Wildman–Crippen LogP) is 6.18. The Morgan fingerprint density at radius 1 is 0.968 bits per heavy atom. The molecule has 1 heterocycles. The number of carbonyl (C=O) groups excluding carboxylic acids is 1. The third kappa shape index (κ3) is 4.05. The van der Waals surface area contributed by atoms with E-state index in [9.17, 15) is 4.79 Å². The van der Waals surface area contributed by atoms with Crippen molar-refractivity contribution in [3.05, 3.63) is 94.9 Å². The zero-order chi connectivity index (χ0) is 21.0. The summed E-state index contributed by atoms with van der Waals surface area (Å²) in [6, 6.07) is 25.0. The second-order valence-corrected chi connectivity index (χ2v) is 8.43. The van der Waals surface area contributed by atoms with Crippen LogP contribution in [0.1, 0.15) is 29.0 Å². The molecular weight excluding hydrogens is 402 g/mol. The molecule has 1 amide bonds. The van der Waals surface area contributed by atoms with Crippen LogP contribution < -0.4 is 5.32 Å². The van der Waals surface area contributed by atoms with Crippen LogP contribution in [0.4, 0.5) is 4.79 Å². The Kier molecular flexibility index (Phi) is 5.43. The molecule has 1 aliphatic rings. The molecular formula is C27H21NO2S. The van der Waals surface area contributed by atoms with E-state index in [1.54, 1.807) is 11.3 Å². The summed E-state index contributed by atoms with van der Waals surface area (Å²) >= 11 is 1.73. The van der Waals surface area contributed by atoms with Crippen molar-refractivity contribution in [1.82, 2.24) is 5.32 Å². The van der Waals surface area contributed by atoms with Gasteiger partial charge in [-0.05, 0) is 57.3 Å². The van der Waals surface area contributed by atoms with Gasteiger partial charge < -0.3 is 10.1 Å². The van der Waals surface area contributed by atoms with Gasteiger partial charge in [0.05, 0.1) is 0 Å². The summed E-state index contributed by atoms with van der Waals surface area (Å²) in [5.74, 6) is 6.36. The quantitative estimate of drug-likeness (QED) is 0.314. The molecule has 0 radical (unpaired) electrons. The van der Waals surface area contributed by atoms with Crippen LogP contribution in [0.3, 0.4) is 0 Å². The van der Waals surface area contributed by atoms with Crippen LogP contribution in [-0.4, -0.2) is 19.2 Å². The average Bonchev–Trinajstić information content (AvgIpc) is 3.40. The fourth-order valence-corrected chi connectivity index (χ4v) is 4.86. The highest BCUT2D eigenvalue weighted by Crippen LogP contribution is 2.44. The topological polar surface area (TPSA) is 38.3 Å². The maximum absolute atomic E-state index is 12.2. The number of rotatable bonds is 4. The molecule has 0 saturated heterocycles. The van der Waals surface area contributed by atoms with Gasteiger partial charge in [-0.3, -0.25) is 0 Å². The number of fused-ring (bicyclic) bond motifs is 4. The normalized spacial score (nSPS) is 12.0. The van der Waals surface area contributed by atoms with E-state index >= 15 is 0 Å². The first-order valence-corrected chi connectivity index (χ1v) is 11.2. The van der Waals surface area contributed by atoms with Crippen LogP contribution >= 0.6 is 11.3 Å². The van der Waals surface area contributed by atoms with E-state index in [2.05, 4.69) is 65.0 Å². The largest absolute Gasteiger partial charge is 0.449 e. The molecule has 0 aliphatic heterocycles. The summed E-state index contributed by atoms with van der Waals surface area (Å²) < 4.78 is 6.81. The van der Waals surface area contributed by atoms with Gasteiger partial charge >= 0.3 is 6.09 Å². The summed E-state index contributed by atoms with van der Waals surface area (Å²) in [5.41, 5.74) is 5.87. The number of ether oxygens (including phenoxy) is 1. The third-order valence-electron chi connectivity index (χ3n) is 5.55. The van der Waals surface area contributed by atoms with E-state index in [4.69, 9.17) is 4.74 Å². The van der Waals surface area contributed by atoms with Crippen LogP contribution in [0.2, 0.25) is 0 Å². The minimum absolute atomic E-state index is 0.0740. The van der Waals surface area contributed by atoms with Crippen LogP contribution in [0.25, 0.3) is 21.2 Å². The zero-order valence-electron chi connectivity index (χ0n) is 16.9. The highest BCUT2D eigenvalue weighted by molar-refractivity contribution is 7.17. The predicted molar refractivity (Wildman–Crippen MR) is 126 cm³/mol. The lowest BCUT2D eigenvalue weighted by Gasteiger charge is -2.14. The first-order valence-electron chi connectivity index (χ1n) is 10.3. The highest BCUT2D eigenvalue weighted by atomic mass is 32.1. The number of hydrogen-bond donors (Lipinski definition) is 1. The number of carbonyl (C=O) groups is 1. The molecule has 4 aromatic rings. The lowest BCUT2D eigenvalue weighted by molar-refractivity contribution is 0.143. The Morgan fingerprint density at radius 2 is 1.71 bits per heavy atom. The first-order chi connectivity index (χ1) is 15.3. The van der Waals surface area contributed by atoms with Crippen molar-refractivity contribution in [3.8, 4) is 23.0 Å². The molecule has 0 bridgehead atoms. The molecule has 0 atom stereocenters. The Bertz CT molecular complexity index is 1270. The standard InChI is InChI=1S/C27H21NO2S/c29-27(28-15-6-5-7-19-12-13-26-20(17-19)14-16-31-26)30-18-25-23-10-3-1-8-21(23)22-9-2-4-11-24(22)25/h1-4,8-14,16-17,25H,6,15,18H2,(H,28,29). The smallest absolute Gasteiger partial charge is 0.407 e. The molecule has 0 spiro atoms. The van der Waals surface area contributed by atoms with Crippen molar-refractivity contribution in [1.29, 1.82) is 0 Å². The third-order valence-corrected chi connectivity index (χ3v) is 6.45. The van der Waals surface area contributed by atoms with E-state index < -0.39 is 6.09 Å². The monoisotopic (exact) mass is 423 g/mol. The molecule has 4 heteroatoms. The molecule has 1 N–H and O–H groups in total. The molecule has 0 unspecified atom stereocenters. The summed E-state index contributed by atoms with van der Waals surface area (Å²) in [5, 5.41) is 6.10. The average molecular weight is 424 g/mol. The number of amides is 1. The Morgan fingerprint density at radius 3 is 2.48 bits per heavy atom. The fraction of sp³-hybridized carbons (Fsp3) is 0.148. The lowest BCUT2D eigenvalue weighted by Crippen LogP contribution is -2.26.